The van der Waals surface area contributed by atoms with Gasteiger partial charge in [-0.25, -0.2) is 4.39 Å². The molecule has 3 rings (SSSR count). The summed E-state index contributed by atoms with van der Waals surface area (Å²) in [5.41, 5.74) is 0.222. The highest BCUT2D eigenvalue weighted by Gasteiger charge is 2.24. The lowest BCUT2D eigenvalue weighted by atomic mass is 10.1. The van der Waals surface area contributed by atoms with Crippen LogP contribution in [0.5, 0.6) is 0 Å². The average Bonchev–Trinajstić information content (AvgIpc) is 3.00. The van der Waals surface area contributed by atoms with Crippen molar-refractivity contribution in [2.75, 3.05) is 13.2 Å². The molecule has 0 unspecified atom stereocenters. The topological polar surface area (TPSA) is 48.2 Å². The van der Waals surface area contributed by atoms with Crippen LogP contribution in [0, 0.1) is 5.82 Å². The molecule has 1 aliphatic heterocycles. The van der Waals surface area contributed by atoms with Gasteiger partial charge in [-0.2, -0.15) is 4.98 Å². The van der Waals surface area contributed by atoms with E-state index in [2.05, 4.69) is 10.1 Å². The lowest BCUT2D eigenvalue weighted by Crippen LogP contribution is -1.99. The molecule has 0 bridgehead atoms. The molecule has 0 spiro atoms. The summed E-state index contributed by atoms with van der Waals surface area (Å²) >= 11 is 5.82. The van der Waals surface area contributed by atoms with E-state index < -0.39 is 5.82 Å². The molecule has 0 saturated carbocycles. The fourth-order valence-corrected chi connectivity index (χ4v) is 2.08. The Kier molecular flexibility index (Phi) is 3.01. The Bertz CT molecular complexity index is 567. The predicted octanol–water partition coefficient (Wildman–Crippen LogP) is 3.03. The summed E-state index contributed by atoms with van der Waals surface area (Å²) in [6.45, 7) is 1.27. The number of hydrogen-bond donors (Lipinski definition) is 0. The average molecular weight is 269 g/mol. The van der Waals surface area contributed by atoms with Crippen LogP contribution in [0.15, 0.2) is 22.7 Å². The zero-order valence-corrected chi connectivity index (χ0v) is 10.2. The maximum Gasteiger partial charge on any atom is 0.260 e. The smallest absolute Gasteiger partial charge is 0.260 e. The van der Waals surface area contributed by atoms with Gasteiger partial charge in [-0.15, -0.1) is 0 Å². The molecule has 1 aromatic heterocycles. The Morgan fingerprint density at radius 1 is 1.39 bits per heavy atom. The molecule has 18 heavy (non-hydrogen) atoms. The molecule has 1 atom stereocenters. The third kappa shape index (κ3) is 2.11. The van der Waals surface area contributed by atoms with Crippen LogP contribution in [-0.4, -0.2) is 23.4 Å². The standard InChI is InChI=1S/C12H10ClFN2O2/c13-8-1-2-10(14)9(5-8)12-15-11(16-18-12)7-3-4-17-6-7/h1-2,5,7H,3-4,6H2/t7-/m0/s1. The number of ether oxygens (including phenoxy) is 1. The van der Waals surface area contributed by atoms with Crippen molar-refractivity contribution >= 4 is 11.6 Å². The quantitative estimate of drug-likeness (QED) is 0.840. The molecule has 2 heterocycles. The monoisotopic (exact) mass is 268 g/mol. The van der Waals surface area contributed by atoms with Crippen molar-refractivity contribution in [1.82, 2.24) is 10.1 Å². The van der Waals surface area contributed by atoms with Crippen LogP contribution in [0.4, 0.5) is 4.39 Å². The Morgan fingerprint density at radius 3 is 3.06 bits per heavy atom. The van der Waals surface area contributed by atoms with E-state index in [1.54, 1.807) is 0 Å². The van der Waals surface area contributed by atoms with Crippen LogP contribution in [0.25, 0.3) is 11.5 Å². The molecule has 4 nitrogen and oxygen atoms in total. The Morgan fingerprint density at radius 2 is 2.28 bits per heavy atom. The maximum absolute atomic E-state index is 13.6. The zero-order valence-electron chi connectivity index (χ0n) is 9.40. The van der Waals surface area contributed by atoms with Gasteiger partial charge in [-0.1, -0.05) is 16.8 Å². The van der Waals surface area contributed by atoms with Gasteiger partial charge in [0.1, 0.15) is 5.82 Å². The van der Waals surface area contributed by atoms with E-state index in [4.69, 9.17) is 20.9 Å². The van der Waals surface area contributed by atoms with Crippen molar-refractivity contribution in [3.05, 3.63) is 34.9 Å². The van der Waals surface area contributed by atoms with Crippen molar-refractivity contribution < 1.29 is 13.7 Å². The summed E-state index contributed by atoms with van der Waals surface area (Å²) in [6.07, 6.45) is 0.858. The maximum atomic E-state index is 13.6. The fraction of sp³-hybridized carbons (Fsp3) is 0.333. The zero-order chi connectivity index (χ0) is 12.5. The summed E-state index contributed by atoms with van der Waals surface area (Å²) in [4.78, 5) is 4.21. The molecule has 1 aromatic carbocycles. The van der Waals surface area contributed by atoms with Gasteiger partial charge in [-0.05, 0) is 24.6 Å². The van der Waals surface area contributed by atoms with Gasteiger partial charge in [0.25, 0.3) is 5.89 Å². The second-order valence-corrected chi connectivity index (χ2v) is 4.58. The summed E-state index contributed by atoms with van der Waals surface area (Å²) in [5.74, 6) is 0.404. The van der Waals surface area contributed by atoms with Crippen molar-refractivity contribution in [3.8, 4) is 11.5 Å². The molecule has 2 aromatic rings. The Balaban J connectivity index is 1.94. The van der Waals surface area contributed by atoms with Gasteiger partial charge in [0.05, 0.1) is 12.2 Å². The first-order valence-electron chi connectivity index (χ1n) is 5.61. The number of hydrogen-bond acceptors (Lipinski definition) is 4. The predicted molar refractivity (Wildman–Crippen MR) is 62.9 cm³/mol. The van der Waals surface area contributed by atoms with Gasteiger partial charge < -0.3 is 9.26 Å². The molecule has 0 radical (unpaired) electrons. The Labute approximate surface area is 108 Å². The first kappa shape index (κ1) is 11.6. The van der Waals surface area contributed by atoms with Crippen LogP contribution in [0.2, 0.25) is 5.02 Å². The highest BCUT2D eigenvalue weighted by Crippen LogP contribution is 2.28. The van der Waals surface area contributed by atoms with Crippen LogP contribution in [-0.2, 0) is 4.74 Å². The highest BCUT2D eigenvalue weighted by atomic mass is 35.5. The number of halogens is 2. The first-order valence-corrected chi connectivity index (χ1v) is 5.98. The van der Waals surface area contributed by atoms with Crippen molar-refractivity contribution in [1.29, 1.82) is 0 Å². The van der Waals surface area contributed by atoms with Gasteiger partial charge >= 0.3 is 0 Å². The molecule has 1 aliphatic rings. The molecule has 0 aliphatic carbocycles. The summed E-state index contributed by atoms with van der Waals surface area (Å²) in [5, 5.41) is 4.30. The van der Waals surface area contributed by atoms with E-state index in [-0.39, 0.29) is 17.4 Å². The molecule has 1 saturated heterocycles. The second-order valence-electron chi connectivity index (χ2n) is 4.14. The molecule has 1 fully saturated rings. The van der Waals surface area contributed by atoms with E-state index in [9.17, 15) is 4.39 Å². The minimum absolute atomic E-state index is 0.129. The van der Waals surface area contributed by atoms with Crippen LogP contribution < -0.4 is 0 Å². The van der Waals surface area contributed by atoms with E-state index >= 15 is 0 Å². The van der Waals surface area contributed by atoms with Gasteiger partial charge in [0, 0.05) is 17.5 Å². The van der Waals surface area contributed by atoms with E-state index in [1.807, 2.05) is 0 Å². The molecular formula is C12H10ClFN2O2. The second kappa shape index (κ2) is 4.66. The minimum atomic E-state index is -0.433. The number of rotatable bonds is 2. The fourth-order valence-electron chi connectivity index (χ4n) is 1.91. The van der Waals surface area contributed by atoms with Crippen LogP contribution in [0.3, 0.4) is 0 Å². The van der Waals surface area contributed by atoms with E-state index in [0.717, 1.165) is 6.42 Å². The summed E-state index contributed by atoms with van der Waals surface area (Å²) in [6, 6.07) is 4.22. The van der Waals surface area contributed by atoms with Gasteiger partial charge in [0.2, 0.25) is 0 Å². The van der Waals surface area contributed by atoms with E-state index in [0.29, 0.717) is 24.1 Å². The normalized spacial score (nSPS) is 19.3. The third-order valence-electron chi connectivity index (χ3n) is 2.90. The van der Waals surface area contributed by atoms with Crippen molar-refractivity contribution in [2.45, 2.75) is 12.3 Å². The number of nitrogens with zero attached hydrogens (tertiary/aromatic N) is 2. The highest BCUT2D eigenvalue weighted by molar-refractivity contribution is 6.30. The molecule has 0 amide bonds. The molecular weight excluding hydrogens is 259 g/mol. The lowest BCUT2D eigenvalue weighted by Gasteiger charge is -1.99. The molecule has 94 valence electrons. The SMILES string of the molecule is Fc1ccc(Cl)cc1-c1nc([C@H]2CCOC2)no1. The van der Waals surface area contributed by atoms with Crippen molar-refractivity contribution in [3.63, 3.8) is 0 Å². The van der Waals surface area contributed by atoms with Gasteiger partial charge in [0.15, 0.2) is 5.82 Å². The molecule has 6 heteroatoms. The molecule has 0 N–H and O–H groups in total. The van der Waals surface area contributed by atoms with Crippen molar-refractivity contribution in [2.24, 2.45) is 0 Å². The first-order chi connectivity index (χ1) is 8.74. The number of aromatic nitrogens is 2. The van der Waals surface area contributed by atoms with E-state index in [1.165, 1.54) is 18.2 Å². The largest absolute Gasteiger partial charge is 0.381 e. The van der Waals surface area contributed by atoms with Crippen LogP contribution in [0.1, 0.15) is 18.2 Å². The minimum Gasteiger partial charge on any atom is -0.381 e. The number of benzene rings is 1. The van der Waals surface area contributed by atoms with Gasteiger partial charge in [-0.3, -0.25) is 0 Å². The summed E-state index contributed by atoms with van der Waals surface area (Å²) < 4.78 is 24.0. The van der Waals surface area contributed by atoms with Crippen LogP contribution >= 0.6 is 11.6 Å². The Hall–Kier alpha value is -1.46. The third-order valence-corrected chi connectivity index (χ3v) is 3.13. The summed E-state index contributed by atoms with van der Waals surface area (Å²) in [7, 11) is 0. The lowest BCUT2D eigenvalue weighted by molar-refractivity contribution is 0.192.